The number of carbonyl (C=O) groups excluding carboxylic acids is 2. The molecular formula is C26H36N2O2S. The Morgan fingerprint density at radius 3 is 2.10 bits per heavy atom. The lowest BCUT2D eigenvalue weighted by molar-refractivity contribution is -0.141. The quantitative estimate of drug-likeness (QED) is 0.496. The van der Waals surface area contributed by atoms with E-state index in [9.17, 15) is 9.59 Å². The summed E-state index contributed by atoms with van der Waals surface area (Å²) in [4.78, 5) is 27.9. The number of amides is 2. The van der Waals surface area contributed by atoms with Gasteiger partial charge >= 0.3 is 0 Å². The van der Waals surface area contributed by atoms with Gasteiger partial charge in [0, 0.05) is 30.0 Å². The average Bonchev–Trinajstić information content (AvgIpc) is 2.74. The highest BCUT2D eigenvalue weighted by Crippen LogP contribution is 2.16. The van der Waals surface area contributed by atoms with E-state index in [1.165, 1.54) is 11.1 Å². The molecule has 2 aromatic carbocycles. The highest BCUT2D eigenvalue weighted by molar-refractivity contribution is 7.98. The molecule has 0 aliphatic heterocycles. The second-order valence-corrected chi connectivity index (χ2v) is 9.88. The summed E-state index contributed by atoms with van der Waals surface area (Å²) in [6.45, 7) is 8.41. The van der Waals surface area contributed by atoms with Crippen molar-refractivity contribution in [3.05, 3.63) is 71.8 Å². The number of carbonyl (C=O) groups is 2. The topological polar surface area (TPSA) is 49.4 Å². The summed E-state index contributed by atoms with van der Waals surface area (Å²) in [5.74, 6) is 1.60. The van der Waals surface area contributed by atoms with Crippen LogP contribution in [0.2, 0.25) is 0 Å². The fourth-order valence-electron chi connectivity index (χ4n) is 3.42. The molecular weight excluding hydrogens is 404 g/mol. The molecule has 0 bridgehead atoms. The first-order valence-corrected chi connectivity index (χ1v) is 12.2. The van der Waals surface area contributed by atoms with Gasteiger partial charge in [-0.2, -0.15) is 11.8 Å². The highest BCUT2D eigenvalue weighted by Gasteiger charge is 2.30. The van der Waals surface area contributed by atoms with Gasteiger partial charge in [0.2, 0.25) is 11.8 Å². The third-order valence-corrected chi connectivity index (χ3v) is 5.97. The normalized spacial score (nSPS) is 12.3. The van der Waals surface area contributed by atoms with E-state index in [1.807, 2.05) is 64.1 Å². The maximum Gasteiger partial charge on any atom is 0.243 e. The third kappa shape index (κ3) is 9.18. The second-order valence-electron chi connectivity index (χ2n) is 8.77. The van der Waals surface area contributed by atoms with Crippen molar-refractivity contribution in [3.63, 3.8) is 0 Å². The number of benzene rings is 2. The number of hydrogen-bond donors (Lipinski definition) is 1. The molecule has 0 unspecified atom stereocenters. The van der Waals surface area contributed by atoms with Gasteiger partial charge in [-0.3, -0.25) is 9.59 Å². The number of nitrogens with one attached hydrogen (secondary N) is 1. The van der Waals surface area contributed by atoms with Crippen LogP contribution in [-0.4, -0.2) is 40.6 Å². The van der Waals surface area contributed by atoms with E-state index in [4.69, 9.17) is 0 Å². The van der Waals surface area contributed by atoms with Crippen LogP contribution in [-0.2, 0) is 21.8 Å². The number of nitrogens with zero attached hydrogens (tertiary/aromatic N) is 1. The summed E-state index contributed by atoms with van der Waals surface area (Å²) in [6.07, 6.45) is 1.77. The molecule has 31 heavy (non-hydrogen) atoms. The summed E-state index contributed by atoms with van der Waals surface area (Å²) in [6, 6.07) is 20.0. The van der Waals surface area contributed by atoms with Crippen molar-refractivity contribution in [2.24, 2.45) is 0 Å². The Hall–Kier alpha value is -2.27. The molecule has 5 heteroatoms. The van der Waals surface area contributed by atoms with Crippen molar-refractivity contribution in [1.82, 2.24) is 10.2 Å². The van der Waals surface area contributed by atoms with Crippen molar-refractivity contribution < 1.29 is 9.59 Å². The van der Waals surface area contributed by atoms with Crippen LogP contribution >= 0.6 is 11.8 Å². The van der Waals surface area contributed by atoms with E-state index < -0.39 is 6.04 Å². The molecule has 2 aromatic rings. The van der Waals surface area contributed by atoms with E-state index in [2.05, 4.69) is 29.6 Å². The lowest BCUT2D eigenvalue weighted by atomic mass is 10.1. The fraction of sp³-hybridized carbons (Fsp3) is 0.462. The fourth-order valence-corrected chi connectivity index (χ4v) is 4.31. The zero-order valence-corrected chi connectivity index (χ0v) is 20.1. The van der Waals surface area contributed by atoms with Gasteiger partial charge in [-0.15, -0.1) is 0 Å². The van der Waals surface area contributed by atoms with E-state index in [0.717, 1.165) is 17.9 Å². The van der Waals surface area contributed by atoms with Gasteiger partial charge in [-0.05, 0) is 44.7 Å². The molecule has 0 aliphatic rings. The molecule has 0 fully saturated rings. The zero-order valence-electron chi connectivity index (χ0n) is 19.3. The van der Waals surface area contributed by atoms with E-state index >= 15 is 0 Å². The van der Waals surface area contributed by atoms with Crippen molar-refractivity contribution in [2.75, 3.05) is 12.3 Å². The highest BCUT2D eigenvalue weighted by atomic mass is 32.2. The van der Waals surface area contributed by atoms with Gasteiger partial charge in [0.05, 0.1) is 0 Å². The molecule has 4 nitrogen and oxygen atoms in total. The van der Waals surface area contributed by atoms with Crippen LogP contribution in [0.4, 0.5) is 0 Å². The summed E-state index contributed by atoms with van der Waals surface area (Å²) >= 11 is 1.76. The molecule has 0 radical (unpaired) electrons. The molecule has 0 aromatic heterocycles. The van der Waals surface area contributed by atoms with E-state index in [1.54, 1.807) is 16.7 Å². The molecule has 0 aliphatic carbocycles. The first-order chi connectivity index (χ1) is 14.8. The average molecular weight is 441 g/mol. The predicted octanol–water partition coefficient (Wildman–Crippen LogP) is 5.07. The van der Waals surface area contributed by atoms with Crippen LogP contribution < -0.4 is 5.32 Å². The molecule has 2 rings (SSSR count). The minimum atomic E-state index is -0.449. The van der Waals surface area contributed by atoms with Gasteiger partial charge in [0.15, 0.2) is 0 Å². The maximum atomic E-state index is 13.2. The Bertz CT molecular complexity index is 803. The molecule has 168 valence electrons. The smallest absolute Gasteiger partial charge is 0.243 e. The van der Waals surface area contributed by atoms with Crippen LogP contribution in [0.15, 0.2) is 60.7 Å². The lowest BCUT2D eigenvalue weighted by Gasteiger charge is -2.33. The monoisotopic (exact) mass is 440 g/mol. The maximum absolute atomic E-state index is 13.2. The van der Waals surface area contributed by atoms with Gasteiger partial charge in [-0.1, -0.05) is 67.6 Å². The van der Waals surface area contributed by atoms with Crippen LogP contribution in [0.3, 0.4) is 0 Å². The lowest BCUT2D eigenvalue weighted by Crippen LogP contribution is -2.54. The Labute approximate surface area is 191 Å². The summed E-state index contributed by atoms with van der Waals surface area (Å²) < 4.78 is 0. The third-order valence-electron chi connectivity index (χ3n) is 4.94. The van der Waals surface area contributed by atoms with Gasteiger partial charge in [-0.25, -0.2) is 0 Å². The van der Waals surface area contributed by atoms with Crippen LogP contribution in [0.1, 0.15) is 51.7 Å². The molecule has 0 spiro atoms. The molecule has 2 amide bonds. The summed E-state index contributed by atoms with van der Waals surface area (Å²) in [5.41, 5.74) is 2.10. The van der Waals surface area contributed by atoms with Crippen molar-refractivity contribution in [1.29, 1.82) is 0 Å². The van der Waals surface area contributed by atoms with Gasteiger partial charge < -0.3 is 10.2 Å². The van der Waals surface area contributed by atoms with E-state index in [-0.39, 0.29) is 17.4 Å². The number of thioether (sulfide) groups is 1. The van der Waals surface area contributed by atoms with E-state index in [0.29, 0.717) is 19.4 Å². The Balaban J connectivity index is 2.01. The first-order valence-electron chi connectivity index (χ1n) is 11.1. The van der Waals surface area contributed by atoms with Crippen LogP contribution in [0, 0.1) is 0 Å². The molecule has 0 saturated heterocycles. The minimum absolute atomic E-state index is 0.0485. The molecule has 0 saturated carbocycles. The van der Waals surface area contributed by atoms with Crippen molar-refractivity contribution in [3.8, 4) is 0 Å². The summed E-state index contributed by atoms with van der Waals surface area (Å²) in [5, 5.41) is 3.05. The zero-order chi connectivity index (χ0) is 22.7. The van der Waals surface area contributed by atoms with Gasteiger partial charge in [0.25, 0.3) is 0 Å². The second kappa shape index (κ2) is 12.6. The molecule has 1 N–H and O–H groups in total. The van der Waals surface area contributed by atoms with Crippen LogP contribution in [0.5, 0.6) is 0 Å². The predicted molar refractivity (Wildman–Crippen MR) is 131 cm³/mol. The Morgan fingerprint density at radius 1 is 0.968 bits per heavy atom. The summed E-state index contributed by atoms with van der Waals surface area (Å²) in [7, 11) is 0. The molecule has 1 atom stereocenters. The SMILES string of the molecule is CC[C@@H](C(=O)NC(C)(C)C)N(CCc1ccccc1)C(=O)CCSCc1ccccc1. The first kappa shape index (κ1) is 25.0. The number of hydrogen-bond acceptors (Lipinski definition) is 3. The van der Waals surface area contributed by atoms with Crippen LogP contribution in [0.25, 0.3) is 0 Å². The van der Waals surface area contributed by atoms with Crippen molar-refractivity contribution in [2.45, 2.75) is 64.3 Å². The minimum Gasteiger partial charge on any atom is -0.350 e. The largest absolute Gasteiger partial charge is 0.350 e. The standard InChI is InChI=1S/C26H36N2O2S/c1-5-23(25(30)27-26(2,3)4)28(18-16-21-12-8-6-9-13-21)24(29)17-19-31-20-22-14-10-7-11-15-22/h6-15,23H,5,16-20H2,1-4H3,(H,27,30)/t23-/m0/s1. The Kier molecular flexibility index (Phi) is 10.1. The molecule has 0 heterocycles. The van der Waals surface area contributed by atoms with Gasteiger partial charge in [0.1, 0.15) is 6.04 Å². The Morgan fingerprint density at radius 2 is 1.55 bits per heavy atom. The van der Waals surface area contributed by atoms with Crippen molar-refractivity contribution >= 4 is 23.6 Å². The number of rotatable bonds is 11.